The predicted octanol–water partition coefficient (Wildman–Crippen LogP) is 3.83. The number of aliphatic hydroxyl groups is 1. The molecule has 9 heteroatoms. The summed E-state index contributed by atoms with van der Waals surface area (Å²) >= 11 is 0. The fourth-order valence-electron chi connectivity index (χ4n) is 2.59. The minimum absolute atomic E-state index is 0.0735. The van der Waals surface area contributed by atoms with E-state index in [2.05, 4.69) is 10.0 Å². The maximum absolute atomic E-state index is 12.7. The fraction of sp³-hybridized carbons (Fsp3) is 0.400. The third kappa shape index (κ3) is 5.45. The van der Waals surface area contributed by atoms with Crippen LogP contribution in [0.5, 0.6) is 0 Å². The molecule has 0 spiro atoms. The van der Waals surface area contributed by atoms with E-state index < -0.39 is 20.5 Å². The molecule has 0 radical (unpaired) electrons. The van der Waals surface area contributed by atoms with Crippen molar-refractivity contribution in [3.05, 3.63) is 57.6 Å². The number of hydrogen-bond acceptors (Lipinski definition) is 6. The van der Waals surface area contributed by atoms with Crippen LogP contribution >= 0.6 is 0 Å². The SMILES string of the molecule is Cc1ccc(NS(=O)(=O)c2ccc(NCC(C)(O)C(C)C)c([N+](=O)[O-])c2)c(C)c1. The number of benzene rings is 2. The molecule has 0 amide bonds. The number of nitro benzene ring substituents is 1. The van der Waals surface area contributed by atoms with Gasteiger partial charge in [0, 0.05) is 12.6 Å². The average molecular weight is 422 g/mol. The van der Waals surface area contributed by atoms with Gasteiger partial charge in [-0.2, -0.15) is 0 Å². The highest BCUT2D eigenvalue weighted by atomic mass is 32.2. The second kappa shape index (κ2) is 8.38. The molecule has 0 fully saturated rings. The summed E-state index contributed by atoms with van der Waals surface area (Å²) in [4.78, 5) is 10.6. The Morgan fingerprint density at radius 3 is 2.31 bits per heavy atom. The number of nitro groups is 1. The fourth-order valence-corrected chi connectivity index (χ4v) is 3.74. The van der Waals surface area contributed by atoms with Crippen molar-refractivity contribution in [2.45, 2.75) is 45.1 Å². The molecule has 0 heterocycles. The minimum Gasteiger partial charge on any atom is -0.388 e. The van der Waals surface area contributed by atoms with Crippen molar-refractivity contribution in [2.24, 2.45) is 5.92 Å². The number of nitrogens with zero attached hydrogens (tertiary/aromatic N) is 1. The first-order chi connectivity index (χ1) is 13.3. The summed E-state index contributed by atoms with van der Waals surface area (Å²) in [7, 11) is -4.01. The number of hydrogen-bond donors (Lipinski definition) is 3. The number of aryl methyl sites for hydroxylation is 2. The molecular formula is C20H27N3O5S. The summed E-state index contributed by atoms with van der Waals surface area (Å²) in [5, 5.41) is 24.7. The molecule has 2 aromatic rings. The van der Waals surface area contributed by atoms with Crippen LogP contribution in [0.2, 0.25) is 0 Å². The molecule has 0 saturated heterocycles. The largest absolute Gasteiger partial charge is 0.388 e. The van der Waals surface area contributed by atoms with Crippen LogP contribution in [0.4, 0.5) is 17.1 Å². The molecule has 0 aliphatic heterocycles. The van der Waals surface area contributed by atoms with Crippen molar-refractivity contribution in [3.63, 3.8) is 0 Å². The van der Waals surface area contributed by atoms with Gasteiger partial charge in [-0.25, -0.2) is 8.42 Å². The van der Waals surface area contributed by atoms with Crippen LogP contribution in [0, 0.1) is 29.9 Å². The first-order valence-corrected chi connectivity index (χ1v) is 10.7. The number of nitrogens with one attached hydrogen (secondary N) is 2. The summed E-state index contributed by atoms with van der Waals surface area (Å²) in [5.74, 6) is -0.0735. The lowest BCUT2D eigenvalue weighted by molar-refractivity contribution is -0.384. The van der Waals surface area contributed by atoms with Crippen LogP contribution in [-0.2, 0) is 10.0 Å². The molecule has 2 aromatic carbocycles. The molecule has 0 aliphatic rings. The standard InChI is InChI=1S/C20H27N3O5S/c1-13(2)20(5,24)12-21-18-9-7-16(11-19(18)23(25)26)29(27,28)22-17-8-6-14(3)10-15(17)4/h6-11,13,21-22,24H,12H2,1-5H3. The average Bonchev–Trinajstić information content (AvgIpc) is 2.62. The zero-order valence-electron chi connectivity index (χ0n) is 17.2. The summed E-state index contributed by atoms with van der Waals surface area (Å²) in [5.41, 5.74) is 0.831. The number of anilines is 2. The Hall–Kier alpha value is -2.65. The zero-order valence-corrected chi connectivity index (χ0v) is 18.0. The van der Waals surface area contributed by atoms with E-state index in [4.69, 9.17) is 0 Å². The molecule has 0 aromatic heterocycles. The van der Waals surface area contributed by atoms with Crippen LogP contribution in [0.15, 0.2) is 41.3 Å². The molecule has 158 valence electrons. The van der Waals surface area contributed by atoms with E-state index in [1.165, 1.54) is 12.1 Å². The zero-order chi connectivity index (χ0) is 22.0. The molecule has 1 atom stereocenters. The van der Waals surface area contributed by atoms with Crippen LogP contribution in [0.25, 0.3) is 0 Å². The Labute approximate surface area is 171 Å². The lowest BCUT2D eigenvalue weighted by atomic mass is 9.92. The Morgan fingerprint density at radius 2 is 1.76 bits per heavy atom. The Balaban J connectivity index is 2.34. The third-order valence-corrected chi connectivity index (χ3v) is 6.35. The smallest absolute Gasteiger partial charge is 0.293 e. The molecule has 2 rings (SSSR count). The maximum atomic E-state index is 12.7. The maximum Gasteiger partial charge on any atom is 0.293 e. The van der Waals surface area contributed by atoms with Crippen LogP contribution < -0.4 is 10.0 Å². The van der Waals surface area contributed by atoms with Crippen molar-refractivity contribution in [3.8, 4) is 0 Å². The minimum atomic E-state index is -4.01. The Morgan fingerprint density at radius 1 is 1.14 bits per heavy atom. The van der Waals surface area contributed by atoms with Crippen molar-refractivity contribution in [2.75, 3.05) is 16.6 Å². The summed E-state index contributed by atoms with van der Waals surface area (Å²) in [6, 6.07) is 8.92. The molecule has 0 aliphatic carbocycles. The molecule has 3 N–H and O–H groups in total. The van der Waals surface area contributed by atoms with Gasteiger partial charge >= 0.3 is 0 Å². The molecule has 29 heavy (non-hydrogen) atoms. The number of rotatable bonds is 8. The quantitative estimate of drug-likeness (QED) is 0.440. The van der Waals surface area contributed by atoms with Gasteiger partial charge in [-0.3, -0.25) is 14.8 Å². The summed E-state index contributed by atoms with van der Waals surface area (Å²) < 4.78 is 28.0. The molecular weight excluding hydrogens is 394 g/mol. The molecule has 0 bridgehead atoms. The first-order valence-electron chi connectivity index (χ1n) is 9.18. The molecule has 1 unspecified atom stereocenters. The van der Waals surface area contributed by atoms with E-state index in [1.54, 1.807) is 26.0 Å². The highest BCUT2D eigenvalue weighted by Gasteiger charge is 2.27. The normalized spacial score (nSPS) is 13.8. The highest BCUT2D eigenvalue weighted by molar-refractivity contribution is 7.92. The third-order valence-electron chi connectivity index (χ3n) is 4.98. The predicted molar refractivity (Wildman–Crippen MR) is 114 cm³/mol. The first kappa shape index (κ1) is 22.6. The van der Waals surface area contributed by atoms with Crippen molar-refractivity contribution < 1.29 is 18.4 Å². The van der Waals surface area contributed by atoms with E-state index >= 15 is 0 Å². The second-order valence-electron chi connectivity index (χ2n) is 7.73. The van der Waals surface area contributed by atoms with Crippen molar-refractivity contribution in [1.82, 2.24) is 0 Å². The number of sulfonamides is 1. The molecule has 8 nitrogen and oxygen atoms in total. The monoisotopic (exact) mass is 421 g/mol. The van der Waals surface area contributed by atoms with Gasteiger partial charge < -0.3 is 10.4 Å². The van der Waals surface area contributed by atoms with Gasteiger partial charge in [-0.15, -0.1) is 0 Å². The van der Waals surface area contributed by atoms with Crippen molar-refractivity contribution in [1.29, 1.82) is 0 Å². The van der Waals surface area contributed by atoms with Gasteiger partial charge in [0.1, 0.15) is 5.69 Å². The van der Waals surface area contributed by atoms with Gasteiger partial charge in [0.25, 0.3) is 15.7 Å². The van der Waals surface area contributed by atoms with E-state index in [1.807, 2.05) is 26.8 Å². The van der Waals surface area contributed by atoms with Gasteiger partial charge in [-0.1, -0.05) is 31.5 Å². The van der Waals surface area contributed by atoms with E-state index in [9.17, 15) is 23.6 Å². The Bertz CT molecular complexity index is 1020. The van der Waals surface area contributed by atoms with Gasteiger partial charge in [0.2, 0.25) is 0 Å². The summed E-state index contributed by atoms with van der Waals surface area (Å²) in [6.07, 6.45) is 0. The Kier molecular flexibility index (Phi) is 6.54. The van der Waals surface area contributed by atoms with Gasteiger partial charge in [-0.05, 0) is 50.5 Å². The van der Waals surface area contributed by atoms with E-state index in [0.717, 1.165) is 17.2 Å². The van der Waals surface area contributed by atoms with Crippen LogP contribution in [0.1, 0.15) is 31.9 Å². The van der Waals surface area contributed by atoms with Crippen LogP contribution in [0.3, 0.4) is 0 Å². The second-order valence-corrected chi connectivity index (χ2v) is 9.41. The lowest BCUT2D eigenvalue weighted by Crippen LogP contribution is -2.38. The lowest BCUT2D eigenvalue weighted by Gasteiger charge is -2.28. The highest BCUT2D eigenvalue weighted by Crippen LogP contribution is 2.30. The van der Waals surface area contributed by atoms with E-state index in [0.29, 0.717) is 5.69 Å². The topological polar surface area (TPSA) is 122 Å². The van der Waals surface area contributed by atoms with E-state index in [-0.39, 0.29) is 28.7 Å². The van der Waals surface area contributed by atoms with Gasteiger partial charge in [0.15, 0.2) is 0 Å². The van der Waals surface area contributed by atoms with Crippen molar-refractivity contribution >= 4 is 27.1 Å². The summed E-state index contributed by atoms with van der Waals surface area (Å²) in [6.45, 7) is 9.06. The van der Waals surface area contributed by atoms with Gasteiger partial charge in [0.05, 0.1) is 21.1 Å². The molecule has 0 saturated carbocycles. The van der Waals surface area contributed by atoms with Crippen LogP contribution in [-0.4, -0.2) is 30.6 Å².